The van der Waals surface area contributed by atoms with E-state index in [1.54, 1.807) is 16.8 Å². The summed E-state index contributed by atoms with van der Waals surface area (Å²) in [5.74, 6) is -0.399. The highest BCUT2D eigenvalue weighted by Gasteiger charge is 2.33. The second-order valence-electron chi connectivity index (χ2n) is 4.59. The fourth-order valence-corrected chi connectivity index (χ4v) is 2.19. The van der Waals surface area contributed by atoms with Crippen LogP contribution in [0.4, 0.5) is 13.2 Å². The predicted octanol–water partition coefficient (Wildman–Crippen LogP) is 3.69. The van der Waals surface area contributed by atoms with Crippen LogP contribution in [0.15, 0.2) is 16.8 Å². The molecule has 1 amide bonds. The summed E-state index contributed by atoms with van der Waals surface area (Å²) >= 11 is 1.41. The molecule has 1 aromatic heterocycles. The van der Waals surface area contributed by atoms with Crippen LogP contribution in [0.1, 0.15) is 25.8 Å². The highest BCUT2D eigenvalue weighted by Crippen LogP contribution is 2.20. The first kappa shape index (κ1) is 15.0. The maximum Gasteiger partial charge on any atom is 0.406 e. The van der Waals surface area contributed by atoms with Crippen molar-refractivity contribution in [3.63, 3.8) is 0 Å². The zero-order valence-corrected chi connectivity index (χ0v) is 11.1. The van der Waals surface area contributed by atoms with Gasteiger partial charge in [-0.15, -0.1) is 0 Å². The lowest BCUT2D eigenvalue weighted by Gasteiger charge is -2.24. The van der Waals surface area contributed by atoms with Crippen LogP contribution >= 0.6 is 11.3 Å². The van der Waals surface area contributed by atoms with Crippen molar-refractivity contribution in [3.8, 4) is 0 Å². The number of carbonyl (C=O) groups is 1. The maximum absolute atomic E-state index is 12.4. The molecule has 0 fully saturated rings. The molecule has 0 aliphatic carbocycles. The zero-order valence-electron chi connectivity index (χ0n) is 10.3. The van der Waals surface area contributed by atoms with Gasteiger partial charge in [0.25, 0.3) is 0 Å². The van der Waals surface area contributed by atoms with Crippen LogP contribution in [0.3, 0.4) is 0 Å². The third-order valence-corrected chi connectivity index (χ3v) is 2.99. The van der Waals surface area contributed by atoms with E-state index in [2.05, 4.69) is 0 Å². The van der Waals surface area contributed by atoms with Gasteiger partial charge in [0.1, 0.15) is 6.54 Å². The second kappa shape index (κ2) is 6.22. The molecule has 0 N–H and O–H groups in total. The molecule has 0 aromatic carbocycles. The van der Waals surface area contributed by atoms with Gasteiger partial charge in [-0.1, -0.05) is 13.8 Å². The molecule has 0 unspecified atom stereocenters. The summed E-state index contributed by atoms with van der Waals surface area (Å²) in [6.45, 7) is 2.46. The highest BCUT2D eigenvalue weighted by molar-refractivity contribution is 7.07. The van der Waals surface area contributed by atoms with Crippen LogP contribution in [0.2, 0.25) is 0 Å². The Bertz CT molecular complexity index is 373. The predicted molar refractivity (Wildman–Crippen MR) is 65.2 cm³/mol. The number of hydrogen-bond acceptors (Lipinski definition) is 2. The lowest BCUT2D eigenvalue weighted by atomic mass is 10.1. The number of alkyl halides is 3. The minimum Gasteiger partial charge on any atom is -0.329 e. The standard InChI is InChI=1S/C12H16F3NOS/c1-9(2)5-11(17)16(8-12(13,14)15)6-10-3-4-18-7-10/h3-4,7,9H,5-6,8H2,1-2H3. The van der Waals surface area contributed by atoms with Crippen molar-refractivity contribution in [2.45, 2.75) is 33.0 Å². The Balaban J connectivity index is 2.71. The number of thiophene rings is 1. The Morgan fingerprint density at radius 2 is 2.11 bits per heavy atom. The third-order valence-electron chi connectivity index (χ3n) is 2.26. The molecule has 2 nitrogen and oxygen atoms in total. The summed E-state index contributed by atoms with van der Waals surface area (Å²) in [6, 6.07) is 1.73. The smallest absolute Gasteiger partial charge is 0.329 e. The van der Waals surface area contributed by atoms with Gasteiger partial charge in [-0.25, -0.2) is 0 Å². The van der Waals surface area contributed by atoms with Gasteiger partial charge < -0.3 is 4.90 Å². The van der Waals surface area contributed by atoms with Crippen molar-refractivity contribution in [2.75, 3.05) is 6.54 Å². The van der Waals surface area contributed by atoms with Gasteiger partial charge in [0.15, 0.2) is 0 Å². The Hall–Kier alpha value is -1.04. The van der Waals surface area contributed by atoms with E-state index in [1.807, 2.05) is 13.8 Å². The van der Waals surface area contributed by atoms with Gasteiger partial charge in [0.2, 0.25) is 5.91 Å². The molecule has 0 spiro atoms. The molecule has 1 aromatic rings. The van der Waals surface area contributed by atoms with E-state index in [0.29, 0.717) is 0 Å². The molecule has 0 saturated carbocycles. The van der Waals surface area contributed by atoms with Crippen molar-refractivity contribution >= 4 is 17.2 Å². The third kappa shape index (κ3) is 5.53. The zero-order chi connectivity index (χ0) is 13.8. The van der Waals surface area contributed by atoms with Crippen LogP contribution in [0, 0.1) is 5.92 Å². The van der Waals surface area contributed by atoms with Gasteiger partial charge in [-0.2, -0.15) is 24.5 Å². The molecule has 0 atom stereocenters. The number of amides is 1. The summed E-state index contributed by atoms with van der Waals surface area (Å²) < 4.78 is 37.3. The number of carbonyl (C=O) groups excluding carboxylic acids is 1. The van der Waals surface area contributed by atoms with Gasteiger partial charge in [-0.3, -0.25) is 4.79 Å². The normalized spacial score (nSPS) is 11.9. The number of hydrogen-bond donors (Lipinski definition) is 0. The Morgan fingerprint density at radius 1 is 1.44 bits per heavy atom. The Labute approximate surface area is 108 Å². The van der Waals surface area contributed by atoms with Crippen molar-refractivity contribution in [2.24, 2.45) is 5.92 Å². The molecule has 6 heteroatoms. The average Bonchev–Trinajstić information content (AvgIpc) is 2.66. The summed E-state index contributed by atoms with van der Waals surface area (Å²) in [6.07, 6.45) is -4.22. The molecule has 0 saturated heterocycles. The molecule has 0 radical (unpaired) electrons. The van der Waals surface area contributed by atoms with Crippen LogP contribution in [-0.4, -0.2) is 23.5 Å². The lowest BCUT2D eigenvalue weighted by Crippen LogP contribution is -2.38. The van der Waals surface area contributed by atoms with Crippen molar-refractivity contribution in [1.29, 1.82) is 0 Å². The lowest BCUT2D eigenvalue weighted by molar-refractivity contribution is -0.162. The van der Waals surface area contributed by atoms with E-state index in [4.69, 9.17) is 0 Å². The minimum atomic E-state index is -4.36. The fraction of sp³-hybridized carbons (Fsp3) is 0.583. The van der Waals surface area contributed by atoms with Crippen LogP contribution < -0.4 is 0 Å². The molecule has 1 heterocycles. The van der Waals surface area contributed by atoms with Crippen molar-refractivity contribution in [3.05, 3.63) is 22.4 Å². The first-order valence-electron chi connectivity index (χ1n) is 5.63. The van der Waals surface area contributed by atoms with Crippen molar-refractivity contribution < 1.29 is 18.0 Å². The topological polar surface area (TPSA) is 20.3 Å². The first-order chi connectivity index (χ1) is 8.28. The van der Waals surface area contributed by atoms with E-state index in [9.17, 15) is 18.0 Å². The van der Waals surface area contributed by atoms with Crippen LogP contribution in [-0.2, 0) is 11.3 Å². The van der Waals surface area contributed by atoms with E-state index in [1.165, 1.54) is 11.3 Å². The fourth-order valence-electron chi connectivity index (χ4n) is 1.53. The highest BCUT2D eigenvalue weighted by atomic mass is 32.1. The first-order valence-corrected chi connectivity index (χ1v) is 6.58. The van der Waals surface area contributed by atoms with Gasteiger partial charge >= 0.3 is 6.18 Å². The second-order valence-corrected chi connectivity index (χ2v) is 5.37. The van der Waals surface area contributed by atoms with Gasteiger partial charge in [0, 0.05) is 13.0 Å². The van der Waals surface area contributed by atoms with Crippen LogP contribution in [0.5, 0.6) is 0 Å². The SMILES string of the molecule is CC(C)CC(=O)N(Cc1ccsc1)CC(F)(F)F. The van der Waals surface area contributed by atoms with E-state index in [0.717, 1.165) is 10.5 Å². The van der Waals surface area contributed by atoms with E-state index < -0.39 is 18.6 Å². The quantitative estimate of drug-likeness (QED) is 0.805. The summed E-state index contributed by atoms with van der Waals surface area (Å²) in [5.41, 5.74) is 0.737. The molecule has 0 bridgehead atoms. The van der Waals surface area contributed by atoms with Gasteiger partial charge in [-0.05, 0) is 28.3 Å². The number of nitrogens with zero attached hydrogens (tertiary/aromatic N) is 1. The maximum atomic E-state index is 12.4. The van der Waals surface area contributed by atoms with Crippen LogP contribution in [0.25, 0.3) is 0 Å². The molecule has 1 rings (SSSR count). The molecule has 0 aliphatic rings. The Morgan fingerprint density at radius 3 is 2.56 bits per heavy atom. The average molecular weight is 279 g/mol. The monoisotopic (exact) mass is 279 g/mol. The van der Waals surface area contributed by atoms with E-state index >= 15 is 0 Å². The molecular formula is C12H16F3NOS. The number of halogens is 3. The molecule has 102 valence electrons. The summed E-state index contributed by atoms with van der Waals surface area (Å²) in [5, 5.41) is 3.54. The molecule has 18 heavy (non-hydrogen) atoms. The summed E-state index contributed by atoms with van der Waals surface area (Å²) in [7, 11) is 0. The minimum absolute atomic E-state index is 0.0224. The largest absolute Gasteiger partial charge is 0.406 e. The molecule has 0 aliphatic heterocycles. The Kier molecular flexibility index (Phi) is 5.19. The van der Waals surface area contributed by atoms with Gasteiger partial charge in [0.05, 0.1) is 0 Å². The van der Waals surface area contributed by atoms with Crippen molar-refractivity contribution in [1.82, 2.24) is 4.90 Å². The molecular weight excluding hydrogens is 263 g/mol. The summed E-state index contributed by atoms with van der Waals surface area (Å²) in [4.78, 5) is 12.7. The van der Waals surface area contributed by atoms with E-state index in [-0.39, 0.29) is 18.9 Å². The number of rotatable bonds is 5.